The maximum atomic E-state index is 12.9. The van der Waals surface area contributed by atoms with Gasteiger partial charge in [-0.3, -0.25) is 0 Å². The Kier molecular flexibility index (Phi) is 8.45. The topological polar surface area (TPSA) is 126 Å². The van der Waals surface area contributed by atoms with Gasteiger partial charge in [-0.2, -0.15) is 8.42 Å². The Morgan fingerprint density at radius 1 is 0.596 bits per heavy atom. The van der Waals surface area contributed by atoms with Gasteiger partial charge in [-0.25, -0.2) is 27.9 Å². The van der Waals surface area contributed by atoms with Crippen LogP contribution in [0.1, 0.15) is 106 Å². The van der Waals surface area contributed by atoms with Crippen LogP contribution in [0.5, 0.6) is 0 Å². The molecule has 12 nitrogen and oxygen atoms in total. The highest BCUT2D eigenvalue weighted by molar-refractivity contribution is 7.81. The highest BCUT2D eigenvalue weighted by Crippen LogP contribution is 2.62. The van der Waals surface area contributed by atoms with Crippen molar-refractivity contribution in [1.82, 2.24) is 0 Å². The first-order chi connectivity index (χ1) is 22.3. The quantitative estimate of drug-likeness (QED) is 0.298. The van der Waals surface area contributed by atoms with Gasteiger partial charge >= 0.3 is 10.4 Å². The van der Waals surface area contributed by atoms with Gasteiger partial charge in [-0.1, -0.05) is 27.7 Å². The van der Waals surface area contributed by atoms with E-state index in [-0.39, 0.29) is 60.9 Å². The van der Waals surface area contributed by atoms with Crippen LogP contribution in [-0.2, 0) is 57.3 Å². The van der Waals surface area contributed by atoms with Crippen molar-refractivity contribution in [3.63, 3.8) is 0 Å². The molecule has 4 unspecified atom stereocenters. The van der Waals surface area contributed by atoms with Gasteiger partial charge in [0.15, 0.2) is 23.8 Å². The maximum absolute atomic E-state index is 12.9. The molecule has 0 aromatic rings. The molecule has 2 aliphatic carbocycles. The van der Waals surface area contributed by atoms with Gasteiger partial charge in [-0.05, 0) is 101 Å². The van der Waals surface area contributed by atoms with Crippen molar-refractivity contribution >= 4 is 10.4 Å². The molecular weight excluding hydrogens is 632 g/mol. The van der Waals surface area contributed by atoms with Gasteiger partial charge in [0.25, 0.3) is 0 Å². The van der Waals surface area contributed by atoms with Crippen LogP contribution in [0.25, 0.3) is 0 Å². The molecule has 268 valence electrons. The molecule has 47 heavy (non-hydrogen) atoms. The Morgan fingerprint density at radius 3 is 1.45 bits per heavy atom. The molecule has 16 atom stereocenters. The molecule has 0 radical (unpaired) electrons. The molecule has 13 heteroatoms. The largest absolute Gasteiger partial charge is 0.399 e. The van der Waals surface area contributed by atoms with Crippen molar-refractivity contribution in [2.45, 2.75) is 153 Å². The molecule has 10 aliphatic rings. The summed E-state index contributed by atoms with van der Waals surface area (Å²) in [4.78, 5) is 24.2. The molecule has 8 aliphatic heterocycles. The van der Waals surface area contributed by atoms with Crippen molar-refractivity contribution in [2.24, 2.45) is 47.3 Å². The summed E-state index contributed by atoms with van der Waals surface area (Å²) in [6.07, 6.45) is 6.74. The number of ether oxygens (including phenoxy) is 4. The second kappa shape index (κ2) is 11.8. The highest BCUT2D eigenvalue weighted by Gasteiger charge is 2.70. The van der Waals surface area contributed by atoms with Crippen LogP contribution in [0.2, 0.25) is 0 Å². The van der Waals surface area contributed by atoms with E-state index in [1.165, 1.54) is 0 Å². The van der Waals surface area contributed by atoms with Gasteiger partial charge in [0.2, 0.25) is 11.6 Å². The standard InChI is InChI=1S/C34H54O12S/c1-19-7-9-25-21(3)27(39-29-33(25)23(19)11-15-31(5,41-29)43-45-33)13-17-37-47(35,36)38-18-14-28-22(4)26-10-8-20(2)24-12-16-32(6)42-30(40-28)34(24,26)46-44-32/h19-30H,7-18H2,1-6H3/t19-,20-,21-,22-,23?,24?,25?,26?,27-,28-,29-,30-,31+,32+,33-,34-/m1/s1. The summed E-state index contributed by atoms with van der Waals surface area (Å²) >= 11 is 0. The Balaban J connectivity index is 0.869. The van der Waals surface area contributed by atoms with Crippen LogP contribution in [0.15, 0.2) is 0 Å². The Morgan fingerprint density at radius 2 is 1.02 bits per heavy atom. The molecule has 0 amide bonds. The Bertz CT molecular complexity index is 1210. The predicted octanol–water partition coefficient (Wildman–Crippen LogP) is 5.55. The minimum atomic E-state index is -4.23. The average molecular weight is 687 g/mol. The van der Waals surface area contributed by atoms with E-state index < -0.39 is 45.8 Å². The number of hydrogen-bond donors (Lipinski definition) is 0. The highest BCUT2D eigenvalue weighted by atomic mass is 32.3. The first-order valence-electron chi connectivity index (χ1n) is 18.2. The SMILES string of the molecule is C[C@@H]1CCC2[C@@H](C)[C@@H](CCOS(=O)(=O)OCC[C@H]3O[C@@H]4O[C@]5(C)CCC6[C@H](C)CCC([C@H]3C)[C@]64OO5)O[C@@H]3O[C@]4(C)CCC1[C@@]23OO4. The fourth-order valence-electron chi connectivity index (χ4n) is 11.2. The summed E-state index contributed by atoms with van der Waals surface area (Å²) in [5.74, 6) is 0.376. The van der Waals surface area contributed by atoms with E-state index in [4.69, 9.17) is 46.9 Å². The molecule has 0 N–H and O–H groups in total. The second-order valence-electron chi connectivity index (χ2n) is 16.5. The van der Waals surface area contributed by atoms with Crippen LogP contribution >= 0.6 is 0 Å². The zero-order valence-electron chi connectivity index (χ0n) is 28.7. The maximum Gasteiger partial charge on any atom is 0.399 e. The van der Waals surface area contributed by atoms with E-state index >= 15 is 0 Å². The van der Waals surface area contributed by atoms with E-state index in [1.807, 2.05) is 13.8 Å². The molecule has 10 fully saturated rings. The van der Waals surface area contributed by atoms with Crippen molar-refractivity contribution in [3.8, 4) is 0 Å². The van der Waals surface area contributed by atoms with Crippen LogP contribution < -0.4 is 0 Å². The first-order valence-corrected chi connectivity index (χ1v) is 19.6. The molecule has 10 rings (SSSR count). The van der Waals surface area contributed by atoms with Gasteiger partial charge < -0.3 is 18.9 Å². The monoisotopic (exact) mass is 686 g/mol. The molecule has 8 saturated heterocycles. The summed E-state index contributed by atoms with van der Waals surface area (Å²) < 4.78 is 62.5. The van der Waals surface area contributed by atoms with E-state index in [0.29, 0.717) is 24.7 Å². The first kappa shape index (κ1) is 33.7. The van der Waals surface area contributed by atoms with Gasteiger partial charge in [0, 0.05) is 24.7 Å². The minimum absolute atomic E-state index is 0.0510. The fourth-order valence-corrected chi connectivity index (χ4v) is 11.9. The summed E-state index contributed by atoms with van der Waals surface area (Å²) in [7, 11) is -4.23. The second-order valence-corrected chi connectivity index (χ2v) is 17.8. The lowest BCUT2D eigenvalue weighted by Gasteiger charge is -2.60. The predicted molar refractivity (Wildman–Crippen MR) is 164 cm³/mol. The van der Waals surface area contributed by atoms with Gasteiger partial charge in [0.1, 0.15) is 0 Å². The van der Waals surface area contributed by atoms with E-state index in [2.05, 4.69) is 27.7 Å². The molecular formula is C34H54O12S. The summed E-state index contributed by atoms with van der Waals surface area (Å²) in [5.41, 5.74) is -1.29. The third-order valence-electron chi connectivity index (χ3n) is 13.8. The van der Waals surface area contributed by atoms with Crippen molar-refractivity contribution in [3.05, 3.63) is 0 Å². The number of rotatable bonds is 8. The average Bonchev–Trinajstić information content (AvgIpc) is 3.39. The van der Waals surface area contributed by atoms with E-state index in [0.717, 1.165) is 51.4 Å². The summed E-state index contributed by atoms with van der Waals surface area (Å²) in [5, 5.41) is 0. The van der Waals surface area contributed by atoms with Gasteiger partial charge in [-0.15, -0.1) is 0 Å². The molecule has 2 saturated carbocycles. The zero-order valence-corrected chi connectivity index (χ0v) is 29.5. The summed E-state index contributed by atoms with van der Waals surface area (Å²) in [6, 6.07) is 0. The molecule has 0 aromatic carbocycles. The van der Waals surface area contributed by atoms with Crippen molar-refractivity contribution in [2.75, 3.05) is 13.2 Å². The van der Waals surface area contributed by atoms with Gasteiger partial charge in [0.05, 0.1) is 25.4 Å². The van der Waals surface area contributed by atoms with Crippen molar-refractivity contribution < 1.29 is 55.3 Å². The Labute approximate surface area is 279 Å². The van der Waals surface area contributed by atoms with E-state index in [9.17, 15) is 8.42 Å². The normalized spacial score (nSPS) is 55.1. The summed E-state index contributed by atoms with van der Waals surface area (Å²) in [6.45, 7) is 12.6. The zero-order chi connectivity index (χ0) is 33.0. The molecule has 0 aromatic heterocycles. The number of fused-ring (bicyclic) bond motifs is 4. The third kappa shape index (κ3) is 5.31. The molecule has 2 spiro atoms. The fraction of sp³-hybridized carbons (Fsp3) is 1.00. The van der Waals surface area contributed by atoms with Crippen LogP contribution in [0, 0.1) is 47.3 Å². The van der Waals surface area contributed by atoms with Crippen LogP contribution in [0.3, 0.4) is 0 Å². The minimum Gasteiger partial charge on any atom is -0.346 e. The molecule has 8 heterocycles. The van der Waals surface area contributed by atoms with Crippen molar-refractivity contribution in [1.29, 1.82) is 0 Å². The lowest BCUT2D eigenvalue weighted by atomic mass is 9.57. The Hall–Kier alpha value is -0.450. The van der Waals surface area contributed by atoms with Crippen LogP contribution in [0.4, 0.5) is 0 Å². The number of hydrogen-bond acceptors (Lipinski definition) is 12. The smallest absolute Gasteiger partial charge is 0.346 e. The molecule has 4 bridgehead atoms. The lowest BCUT2D eigenvalue weighted by Crippen LogP contribution is -2.70. The lowest BCUT2D eigenvalue weighted by molar-refractivity contribution is -0.571. The van der Waals surface area contributed by atoms with Crippen LogP contribution in [-0.4, -0.2) is 69.2 Å². The third-order valence-corrected chi connectivity index (χ3v) is 14.8. The van der Waals surface area contributed by atoms with E-state index in [1.54, 1.807) is 0 Å².